The van der Waals surface area contributed by atoms with Crippen LogP contribution in [0.5, 0.6) is 0 Å². The maximum Gasteiger partial charge on any atom is 0.253 e. The fourth-order valence-corrected chi connectivity index (χ4v) is 4.11. The molecule has 0 saturated carbocycles. The summed E-state index contributed by atoms with van der Waals surface area (Å²) in [7, 11) is 0. The lowest BCUT2D eigenvalue weighted by Crippen LogP contribution is -2.55. The standard InChI is InChI=1S/C22H25ClN4O2/c1-3-18-8-9-19(14-24)27(18)20(28)15-25-22(2)10-12-26(13-11-22)21(29)16-4-6-17(23)7-5-16/h1,4-7,18-19,25H,8-13,15H2,2H3. The molecule has 2 saturated heterocycles. The Hall–Kier alpha value is -2.54. The molecule has 2 aliphatic rings. The van der Waals surface area contributed by atoms with Gasteiger partial charge in [0.15, 0.2) is 0 Å². The van der Waals surface area contributed by atoms with Crippen LogP contribution in [0.25, 0.3) is 0 Å². The molecular formula is C22H25ClN4O2. The van der Waals surface area contributed by atoms with Gasteiger partial charge in [0.05, 0.1) is 18.7 Å². The maximum absolute atomic E-state index is 12.7. The molecule has 0 spiro atoms. The Balaban J connectivity index is 1.53. The van der Waals surface area contributed by atoms with Crippen molar-refractivity contribution in [2.75, 3.05) is 19.6 Å². The molecular weight excluding hydrogens is 388 g/mol. The average molecular weight is 413 g/mol. The van der Waals surface area contributed by atoms with Crippen LogP contribution in [-0.4, -0.2) is 58.9 Å². The van der Waals surface area contributed by atoms with Gasteiger partial charge in [-0.3, -0.25) is 9.59 Å². The van der Waals surface area contributed by atoms with Gasteiger partial charge in [0.1, 0.15) is 6.04 Å². The van der Waals surface area contributed by atoms with Gasteiger partial charge in [-0.15, -0.1) is 6.42 Å². The highest BCUT2D eigenvalue weighted by atomic mass is 35.5. The van der Waals surface area contributed by atoms with Crippen molar-refractivity contribution in [1.29, 1.82) is 5.26 Å². The number of benzene rings is 1. The van der Waals surface area contributed by atoms with E-state index in [0.717, 1.165) is 12.8 Å². The summed E-state index contributed by atoms with van der Waals surface area (Å²) in [4.78, 5) is 28.7. The van der Waals surface area contributed by atoms with Gasteiger partial charge in [-0.05, 0) is 56.9 Å². The first kappa shape index (κ1) is 21.2. The zero-order valence-electron chi connectivity index (χ0n) is 16.5. The van der Waals surface area contributed by atoms with Crippen LogP contribution in [0.15, 0.2) is 24.3 Å². The summed E-state index contributed by atoms with van der Waals surface area (Å²) in [6.45, 7) is 3.42. The smallest absolute Gasteiger partial charge is 0.253 e. The molecule has 0 aliphatic carbocycles. The van der Waals surface area contributed by atoms with Crippen molar-refractivity contribution in [2.24, 2.45) is 0 Å². The number of hydrogen-bond donors (Lipinski definition) is 1. The summed E-state index contributed by atoms with van der Waals surface area (Å²) < 4.78 is 0. The van der Waals surface area contributed by atoms with Crippen LogP contribution in [0.3, 0.4) is 0 Å². The van der Waals surface area contributed by atoms with E-state index >= 15 is 0 Å². The molecule has 1 aromatic carbocycles. The first-order valence-electron chi connectivity index (χ1n) is 9.84. The van der Waals surface area contributed by atoms with Gasteiger partial charge in [-0.1, -0.05) is 17.5 Å². The van der Waals surface area contributed by atoms with Crippen molar-refractivity contribution in [2.45, 2.75) is 50.2 Å². The minimum Gasteiger partial charge on any atom is -0.339 e. The number of likely N-dealkylation sites (tertiary alicyclic amines) is 2. The lowest BCUT2D eigenvalue weighted by Gasteiger charge is -2.40. The fourth-order valence-electron chi connectivity index (χ4n) is 3.98. The minimum absolute atomic E-state index is 0.00872. The van der Waals surface area contributed by atoms with Crippen molar-refractivity contribution >= 4 is 23.4 Å². The Labute approximate surface area is 176 Å². The van der Waals surface area contributed by atoms with Crippen LogP contribution < -0.4 is 5.32 Å². The van der Waals surface area contributed by atoms with Gasteiger partial charge in [-0.25, -0.2) is 0 Å². The van der Waals surface area contributed by atoms with E-state index < -0.39 is 6.04 Å². The first-order valence-corrected chi connectivity index (χ1v) is 10.2. The minimum atomic E-state index is -0.447. The van der Waals surface area contributed by atoms with Crippen LogP contribution in [0.2, 0.25) is 5.02 Å². The molecule has 2 atom stereocenters. The number of nitriles is 1. The zero-order valence-corrected chi connectivity index (χ0v) is 17.3. The highest BCUT2D eigenvalue weighted by Crippen LogP contribution is 2.25. The van der Waals surface area contributed by atoms with Crippen molar-refractivity contribution in [3.8, 4) is 18.4 Å². The van der Waals surface area contributed by atoms with Gasteiger partial charge in [0.25, 0.3) is 5.91 Å². The molecule has 2 amide bonds. The summed E-state index contributed by atoms with van der Waals surface area (Å²) in [5.74, 6) is 2.47. The SMILES string of the molecule is C#CC1CCC(C#N)N1C(=O)CNC1(C)CCN(C(=O)c2ccc(Cl)cc2)CC1. The first-order chi connectivity index (χ1) is 13.9. The van der Waals surface area contributed by atoms with Gasteiger partial charge >= 0.3 is 0 Å². The Morgan fingerprint density at radius 2 is 1.86 bits per heavy atom. The average Bonchev–Trinajstić information content (AvgIpc) is 3.16. The Kier molecular flexibility index (Phi) is 6.47. The third kappa shape index (κ3) is 4.72. The quantitative estimate of drug-likeness (QED) is 0.770. The van der Waals surface area contributed by atoms with Gasteiger partial charge in [0, 0.05) is 29.2 Å². The van der Waals surface area contributed by atoms with E-state index in [4.69, 9.17) is 18.0 Å². The predicted molar refractivity (Wildman–Crippen MR) is 111 cm³/mol. The molecule has 152 valence electrons. The number of rotatable bonds is 4. The van der Waals surface area contributed by atoms with E-state index in [0.29, 0.717) is 36.5 Å². The predicted octanol–water partition coefficient (Wildman–Crippen LogP) is 2.44. The summed E-state index contributed by atoms with van der Waals surface area (Å²) in [5.41, 5.74) is 0.373. The number of piperidine rings is 1. The van der Waals surface area contributed by atoms with Gasteiger partial charge < -0.3 is 15.1 Å². The Bertz CT molecular complexity index is 825. The summed E-state index contributed by atoms with van der Waals surface area (Å²) in [5, 5.41) is 13.2. The zero-order chi connectivity index (χ0) is 21.0. The third-order valence-electron chi connectivity index (χ3n) is 5.93. The normalized spacial score (nSPS) is 23.3. The van der Waals surface area contributed by atoms with Crippen LogP contribution in [0, 0.1) is 23.7 Å². The highest BCUT2D eigenvalue weighted by molar-refractivity contribution is 6.30. The van der Waals surface area contributed by atoms with Crippen molar-refractivity contribution in [1.82, 2.24) is 15.1 Å². The van der Waals surface area contributed by atoms with Crippen LogP contribution in [0.1, 0.15) is 43.0 Å². The Morgan fingerprint density at radius 1 is 1.24 bits per heavy atom. The molecule has 6 nitrogen and oxygen atoms in total. The Morgan fingerprint density at radius 3 is 2.45 bits per heavy atom. The number of nitrogens with one attached hydrogen (secondary N) is 1. The second-order valence-corrected chi connectivity index (χ2v) is 8.36. The summed E-state index contributed by atoms with van der Waals surface area (Å²) in [6.07, 6.45) is 8.28. The largest absolute Gasteiger partial charge is 0.339 e. The van der Waals surface area contributed by atoms with Crippen LogP contribution in [-0.2, 0) is 4.79 Å². The monoisotopic (exact) mass is 412 g/mol. The van der Waals surface area contributed by atoms with Gasteiger partial charge in [-0.2, -0.15) is 5.26 Å². The lowest BCUT2D eigenvalue weighted by molar-refractivity contribution is -0.131. The molecule has 29 heavy (non-hydrogen) atoms. The lowest BCUT2D eigenvalue weighted by atomic mass is 9.89. The number of carbonyl (C=O) groups excluding carboxylic acids is 2. The number of terminal acetylenes is 1. The van der Waals surface area contributed by atoms with E-state index in [9.17, 15) is 14.9 Å². The van der Waals surface area contributed by atoms with E-state index in [1.807, 2.05) is 4.90 Å². The maximum atomic E-state index is 12.7. The van der Waals surface area contributed by atoms with E-state index in [1.165, 1.54) is 4.90 Å². The van der Waals surface area contributed by atoms with Crippen molar-refractivity contribution < 1.29 is 9.59 Å². The van der Waals surface area contributed by atoms with Crippen LogP contribution in [0.4, 0.5) is 0 Å². The summed E-state index contributed by atoms with van der Waals surface area (Å²) >= 11 is 5.89. The molecule has 7 heteroatoms. The van der Waals surface area contributed by atoms with Crippen molar-refractivity contribution in [3.63, 3.8) is 0 Å². The summed E-state index contributed by atoms with van der Waals surface area (Å²) in [6, 6.07) is 8.32. The number of amides is 2. The second-order valence-electron chi connectivity index (χ2n) is 7.92. The third-order valence-corrected chi connectivity index (χ3v) is 6.18. The number of halogens is 1. The number of nitrogens with zero attached hydrogens (tertiary/aromatic N) is 3. The molecule has 3 rings (SSSR count). The molecule has 1 N–H and O–H groups in total. The van der Waals surface area contributed by atoms with E-state index in [2.05, 4.69) is 24.2 Å². The van der Waals surface area contributed by atoms with E-state index in [-0.39, 0.29) is 29.9 Å². The molecule has 2 unspecified atom stereocenters. The molecule has 0 radical (unpaired) electrons. The molecule has 0 aromatic heterocycles. The number of carbonyl (C=O) groups is 2. The fraction of sp³-hybridized carbons (Fsp3) is 0.500. The second kappa shape index (κ2) is 8.86. The van der Waals surface area contributed by atoms with Crippen molar-refractivity contribution in [3.05, 3.63) is 34.9 Å². The van der Waals surface area contributed by atoms with E-state index in [1.54, 1.807) is 24.3 Å². The molecule has 2 heterocycles. The molecule has 2 fully saturated rings. The van der Waals surface area contributed by atoms with Gasteiger partial charge in [0.2, 0.25) is 5.91 Å². The molecule has 2 aliphatic heterocycles. The molecule has 0 bridgehead atoms. The topological polar surface area (TPSA) is 76.4 Å². The van der Waals surface area contributed by atoms with Crippen LogP contribution >= 0.6 is 11.6 Å². The molecule has 1 aromatic rings. The number of hydrogen-bond acceptors (Lipinski definition) is 4. The highest BCUT2D eigenvalue weighted by Gasteiger charge is 2.37.